The third-order valence-electron chi connectivity index (χ3n) is 6.74. The Hall–Kier alpha value is -4.74. The highest BCUT2D eigenvalue weighted by molar-refractivity contribution is 6.00. The number of halogens is 4. The van der Waals surface area contributed by atoms with Gasteiger partial charge in [-0.2, -0.15) is 18.3 Å². The van der Waals surface area contributed by atoms with E-state index in [9.17, 15) is 27.2 Å². The number of anilines is 1. The van der Waals surface area contributed by atoms with E-state index in [1.54, 1.807) is 41.3 Å². The van der Waals surface area contributed by atoms with Gasteiger partial charge in [-0.3, -0.25) is 14.3 Å². The van der Waals surface area contributed by atoms with E-state index >= 15 is 0 Å². The van der Waals surface area contributed by atoms with Crippen molar-refractivity contribution in [3.63, 3.8) is 0 Å². The minimum atomic E-state index is -4.73. The molecule has 0 bridgehead atoms. The number of nitrogen functional groups attached to an aromatic ring is 1. The van der Waals surface area contributed by atoms with Gasteiger partial charge in [0.25, 0.3) is 11.8 Å². The zero-order valence-corrected chi connectivity index (χ0v) is 21.2. The molecule has 0 saturated carbocycles. The normalized spacial score (nSPS) is 15.3. The number of hydrogen-bond donors (Lipinski definition) is 2. The van der Waals surface area contributed by atoms with Crippen molar-refractivity contribution in [2.45, 2.75) is 18.6 Å². The van der Waals surface area contributed by atoms with E-state index in [-0.39, 0.29) is 46.6 Å². The fourth-order valence-corrected chi connectivity index (χ4v) is 4.69. The summed E-state index contributed by atoms with van der Waals surface area (Å²) in [6.45, 7) is 0.628. The lowest BCUT2D eigenvalue weighted by Crippen LogP contribution is -2.38. The minimum Gasteiger partial charge on any atom is -0.383 e. The van der Waals surface area contributed by atoms with Gasteiger partial charge in [0.1, 0.15) is 11.6 Å². The summed E-state index contributed by atoms with van der Waals surface area (Å²) in [6.07, 6.45) is 0.773. The molecule has 206 valence electrons. The number of benzene rings is 2. The standard InChI is InChI=1S/C28H24F4N6O2/c1-37-14-19(13-35-37)18-10-23(25(33)34-12-18)26(39)36-21-8-9-38(15-21)27(40)17-4-2-16(3-5-17)22-7-6-20(29)11-24(22)28(30,31)32/h2-7,10-14,21H,8-9,15H2,1H3,(H2,33,34)(H,36,39)/t21-/m1/s1. The maximum atomic E-state index is 13.5. The molecule has 1 fully saturated rings. The monoisotopic (exact) mass is 552 g/mol. The van der Waals surface area contributed by atoms with Crippen LogP contribution in [0.15, 0.2) is 67.1 Å². The van der Waals surface area contributed by atoms with E-state index < -0.39 is 23.5 Å². The largest absolute Gasteiger partial charge is 0.417 e. The molecular weight excluding hydrogens is 528 g/mol. The van der Waals surface area contributed by atoms with Gasteiger partial charge in [-0.05, 0) is 47.9 Å². The van der Waals surface area contributed by atoms with E-state index in [2.05, 4.69) is 15.4 Å². The molecule has 2 amide bonds. The molecule has 3 N–H and O–H groups in total. The molecule has 0 radical (unpaired) electrons. The second-order valence-electron chi connectivity index (χ2n) is 9.53. The number of likely N-dealkylation sites (tertiary alicyclic amines) is 1. The van der Waals surface area contributed by atoms with Crippen molar-refractivity contribution in [3.8, 4) is 22.3 Å². The summed E-state index contributed by atoms with van der Waals surface area (Å²) in [5.74, 6) is -1.65. The lowest BCUT2D eigenvalue weighted by atomic mass is 9.98. The Balaban J connectivity index is 1.25. The Bertz CT molecular complexity index is 1580. The van der Waals surface area contributed by atoms with Crippen LogP contribution in [-0.2, 0) is 13.2 Å². The molecular formula is C28H24F4N6O2. The Morgan fingerprint density at radius 3 is 2.45 bits per heavy atom. The summed E-state index contributed by atoms with van der Waals surface area (Å²) in [4.78, 5) is 31.8. The summed E-state index contributed by atoms with van der Waals surface area (Å²) >= 11 is 0. The molecule has 3 heterocycles. The molecule has 8 nitrogen and oxygen atoms in total. The van der Waals surface area contributed by atoms with Gasteiger partial charge < -0.3 is 16.0 Å². The van der Waals surface area contributed by atoms with Crippen LogP contribution in [0, 0.1) is 5.82 Å². The highest BCUT2D eigenvalue weighted by atomic mass is 19.4. The molecule has 5 rings (SSSR count). The number of nitrogens with zero attached hydrogens (tertiary/aromatic N) is 4. The molecule has 12 heteroatoms. The van der Waals surface area contributed by atoms with Crippen molar-refractivity contribution in [1.82, 2.24) is 25.0 Å². The first-order valence-electron chi connectivity index (χ1n) is 12.3. The lowest BCUT2D eigenvalue weighted by molar-refractivity contribution is -0.137. The van der Waals surface area contributed by atoms with Crippen LogP contribution >= 0.6 is 0 Å². The third kappa shape index (κ3) is 5.51. The van der Waals surface area contributed by atoms with Gasteiger partial charge in [-0.1, -0.05) is 18.2 Å². The van der Waals surface area contributed by atoms with E-state index in [1.165, 1.54) is 24.3 Å². The molecule has 1 aliphatic heterocycles. The lowest BCUT2D eigenvalue weighted by Gasteiger charge is -2.18. The van der Waals surface area contributed by atoms with E-state index in [0.29, 0.717) is 24.6 Å². The van der Waals surface area contributed by atoms with Crippen LogP contribution in [0.3, 0.4) is 0 Å². The number of aromatic nitrogens is 3. The fraction of sp³-hybridized carbons (Fsp3) is 0.214. The fourth-order valence-electron chi connectivity index (χ4n) is 4.69. The number of pyridine rings is 1. The highest BCUT2D eigenvalue weighted by Gasteiger charge is 2.34. The topological polar surface area (TPSA) is 106 Å². The predicted molar refractivity (Wildman–Crippen MR) is 139 cm³/mol. The van der Waals surface area contributed by atoms with Crippen molar-refractivity contribution in [3.05, 3.63) is 89.6 Å². The minimum absolute atomic E-state index is 0.0750. The second-order valence-corrected chi connectivity index (χ2v) is 9.53. The molecule has 0 spiro atoms. The van der Waals surface area contributed by atoms with Gasteiger partial charge >= 0.3 is 6.18 Å². The van der Waals surface area contributed by atoms with E-state index in [0.717, 1.165) is 17.7 Å². The van der Waals surface area contributed by atoms with Crippen LogP contribution in [0.5, 0.6) is 0 Å². The van der Waals surface area contributed by atoms with Gasteiger partial charge in [0.05, 0.1) is 17.3 Å². The number of alkyl halides is 3. The number of carbonyl (C=O) groups excluding carboxylic acids is 2. The zero-order chi connectivity index (χ0) is 28.6. The van der Waals surface area contributed by atoms with Crippen LogP contribution in [-0.4, -0.2) is 50.6 Å². The number of nitrogens with one attached hydrogen (secondary N) is 1. The SMILES string of the molecule is Cn1cc(-c2cnc(N)c(C(=O)N[C@@H]3CCN(C(=O)c4ccc(-c5ccc(F)cc5C(F)(F)F)cc4)C3)c2)cn1. The predicted octanol–water partition coefficient (Wildman–Crippen LogP) is 4.53. The third-order valence-corrected chi connectivity index (χ3v) is 6.74. The molecule has 1 aliphatic rings. The number of amides is 2. The molecule has 2 aromatic heterocycles. The number of rotatable bonds is 5. The Kier molecular flexibility index (Phi) is 7.01. The first-order valence-corrected chi connectivity index (χ1v) is 12.3. The van der Waals surface area contributed by atoms with Gasteiger partial charge in [0.2, 0.25) is 0 Å². The van der Waals surface area contributed by atoms with Crippen molar-refractivity contribution in [2.75, 3.05) is 18.8 Å². The quantitative estimate of drug-likeness (QED) is 0.354. The van der Waals surface area contributed by atoms with Crippen LogP contribution in [0.4, 0.5) is 23.4 Å². The van der Waals surface area contributed by atoms with Crippen molar-refractivity contribution < 1.29 is 27.2 Å². The maximum Gasteiger partial charge on any atom is 0.417 e. The zero-order valence-electron chi connectivity index (χ0n) is 21.2. The van der Waals surface area contributed by atoms with Gasteiger partial charge in [0, 0.05) is 55.3 Å². The summed E-state index contributed by atoms with van der Waals surface area (Å²) in [7, 11) is 1.78. The van der Waals surface area contributed by atoms with E-state index in [1.807, 2.05) is 0 Å². The van der Waals surface area contributed by atoms with Crippen LogP contribution < -0.4 is 11.1 Å². The van der Waals surface area contributed by atoms with Crippen LogP contribution in [0.25, 0.3) is 22.3 Å². The van der Waals surface area contributed by atoms with Gasteiger partial charge in [-0.25, -0.2) is 9.37 Å². The number of nitrogens with two attached hydrogens (primary N) is 1. The van der Waals surface area contributed by atoms with Crippen molar-refractivity contribution in [2.24, 2.45) is 7.05 Å². The van der Waals surface area contributed by atoms with Gasteiger partial charge in [0.15, 0.2) is 0 Å². The Morgan fingerprint density at radius 2 is 1.77 bits per heavy atom. The number of carbonyl (C=O) groups is 2. The summed E-state index contributed by atoms with van der Waals surface area (Å²) in [5, 5.41) is 7.02. The Labute approximate surface area is 226 Å². The van der Waals surface area contributed by atoms with Crippen molar-refractivity contribution in [1.29, 1.82) is 0 Å². The maximum absolute atomic E-state index is 13.5. The van der Waals surface area contributed by atoms with Crippen molar-refractivity contribution >= 4 is 17.6 Å². The molecule has 2 aromatic carbocycles. The highest BCUT2D eigenvalue weighted by Crippen LogP contribution is 2.37. The molecule has 0 aliphatic carbocycles. The molecule has 4 aromatic rings. The summed E-state index contributed by atoms with van der Waals surface area (Å²) in [5.41, 5.74) is 6.84. The molecule has 1 saturated heterocycles. The van der Waals surface area contributed by atoms with Gasteiger partial charge in [-0.15, -0.1) is 0 Å². The summed E-state index contributed by atoms with van der Waals surface area (Å²) in [6, 6.07) is 9.45. The average molecular weight is 553 g/mol. The van der Waals surface area contributed by atoms with Crippen LogP contribution in [0.1, 0.15) is 32.7 Å². The molecule has 0 unspecified atom stereocenters. The van der Waals surface area contributed by atoms with E-state index in [4.69, 9.17) is 5.73 Å². The smallest absolute Gasteiger partial charge is 0.383 e. The number of hydrogen-bond acceptors (Lipinski definition) is 5. The Morgan fingerprint density at radius 1 is 1.02 bits per heavy atom. The number of aryl methyl sites for hydroxylation is 1. The second kappa shape index (κ2) is 10.4. The average Bonchev–Trinajstić information content (AvgIpc) is 3.57. The van der Waals surface area contributed by atoms with Crippen LogP contribution in [0.2, 0.25) is 0 Å². The first-order chi connectivity index (χ1) is 19.0. The molecule has 40 heavy (non-hydrogen) atoms. The molecule has 1 atom stereocenters. The summed E-state index contributed by atoms with van der Waals surface area (Å²) < 4.78 is 55.3. The first kappa shape index (κ1) is 26.9.